The maximum Gasteiger partial charge on any atom is 0.320 e. The summed E-state index contributed by atoms with van der Waals surface area (Å²) < 4.78 is 0. The minimum atomic E-state index is -0.726. The first kappa shape index (κ1) is 15.0. The Morgan fingerprint density at radius 1 is 1.40 bits per heavy atom. The van der Waals surface area contributed by atoms with E-state index in [1.54, 1.807) is 0 Å². The SMILES string of the molecule is CCN1C[C@H](NOCc2ccccc2)CC[C@H]1C(=O)O. The van der Waals surface area contributed by atoms with Crippen LogP contribution in [0.5, 0.6) is 0 Å². The van der Waals surface area contributed by atoms with E-state index in [4.69, 9.17) is 9.94 Å². The van der Waals surface area contributed by atoms with Crippen molar-refractivity contribution in [2.45, 2.75) is 38.5 Å². The Kier molecular flexibility index (Phi) is 5.52. The molecule has 2 atom stereocenters. The monoisotopic (exact) mass is 278 g/mol. The number of hydrogen-bond acceptors (Lipinski definition) is 4. The molecule has 0 unspecified atom stereocenters. The van der Waals surface area contributed by atoms with Crippen molar-refractivity contribution in [3.8, 4) is 0 Å². The van der Waals surface area contributed by atoms with E-state index in [0.717, 1.165) is 18.5 Å². The summed E-state index contributed by atoms with van der Waals surface area (Å²) in [6.07, 6.45) is 1.48. The van der Waals surface area contributed by atoms with Crippen molar-refractivity contribution in [3.05, 3.63) is 35.9 Å². The van der Waals surface area contributed by atoms with Gasteiger partial charge >= 0.3 is 5.97 Å². The zero-order valence-corrected chi connectivity index (χ0v) is 11.8. The summed E-state index contributed by atoms with van der Waals surface area (Å²) in [6, 6.07) is 9.80. The van der Waals surface area contributed by atoms with E-state index in [-0.39, 0.29) is 12.1 Å². The van der Waals surface area contributed by atoms with Crippen molar-refractivity contribution in [3.63, 3.8) is 0 Å². The molecule has 0 radical (unpaired) electrons. The van der Waals surface area contributed by atoms with Crippen molar-refractivity contribution in [2.75, 3.05) is 13.1 Å². The zero-order valence-electron chi connectivity index (χ0n) is 11.8. The molecule has 0 saturated carbocycles. The highest BCUT2D eigenvalue weighted by molar-refractivity contribution is 5.73. The molecule has 2 N–H and O–H groups in total. The molecule has 1 aromatic rings. The van der Waals surface area contributed by atoms with Crippen LogP contribution in [-0.4, -0.2) is 41.1 Å². The number of nitrogens with one attached hydrogen (secondary N) is 1. The van der Waals surface area contributed by atoms with Crippen LogP contribution in [0, 0.1) is 0 Å². The van der Waals surface area contributed by atoms with Crippen LogP contribution >= 0.6 is 0 Å². The van der Waals surface area contributed by atoms with E-state index in [1.807, 2.05) is 42.2 Å². The van der Waals surface area contributed by atoms with Crippen LogP contribution in [0.3, 0.4) is 0 Å². The summed E-state index contributed by atoms with van der Waals surface area (Å²) in [5.74, 6) is -0.726. The lowest BCUT2D eigenvalue weighted by atomic mass is 9.99. The maximum absolute atomic E-state index is 11.1. The first-order valence-corrected chi connectivity index (χ1v) is 7.08. The standard InChI is InChI=1S/C15H22N2O3/c1-2-17-10-13(8-9-14(17)15(18)19)16-20-11-12-6-4-3-5-7-12/h3-7,13-14,16H,2,8-11H2,1H3,(H,18,19)/t13-,14+/m1/s1. The van der Waals surface area contributed by atoms with Gasteiger partial charge in [0, 0.05) is 12.6 Å². The number of aliphatic carboxylic acids is 1. The van der Waals surface area contributed by atoms with E-state index in [0.29, 0.717) is 19.6 Å². The molecule has 5 heteroatoms. The second kappa shape index (κ2) is 7.38. The van der Waals surface area contributed by atoms with E-state index in [1.165, 1.54) is 0 Å². The molecule has 1 aliphatic rings. The molecule has 0 aliphatic carbocycles. The number of carboxylic acids is 1. The van der Waals surface area contributed by atoms with Gasteiger partial charge in [-0.25, -0.2) is 0 Å². The Balaban J connectivity index is 1.76. The number of benzene rings is 1. The van der Waals surface area contributed by atoms with Gasteiger partial charge in [0.15, 0.2) is 0 Å². The Bertz CT molecular complexity index is 424. The quantitative estimate of drug-likeness (QED) is 0.775. The molecule has 0 amide bonds. The van der Waals surface area contributed by atoms with E-state index < -0.39 is 5.97 Å². The van der Waals surface area contributed by atoms with Gasteiger partial charge in [-0.05, 0) is 24.9 Å². The van der Waals surface area contributed by atoms with Crippen molar-refractivity contribution >= 4 is 5.97 Å². The lowest BCUT2D eigenvalue weighted by Gasteiger charge is -2.36. The number of carbonyl (C=O) groups is 1. The van der Waals surface area contributed by atoms with Gasteiger partial charge in [0.25, 0.3) is 0 Å². The van der Waals surface area contributed by atoms with Crippen LogP contribution in [0.15, 0.2) is 30.3 Å². The Morgan fingerprint density at radius 3 is 2.80 bits per heavy atom. The van der Waals surface area contributed by atoms with Crippen LogP contribution < -0.4 is 5.48 Å². The highest BCUT2D eigenvalue weighted by Crippen LogP contribution is 2.17. The van der Waals surface area contributed by atoms with E-state index >= 15 is 0 Å². The van der Waals surface area contributed by atoms with Crippen LogP contribution in [0.2, 0.25) is 0 Å². The molecule has 2 rings (SSSR count). The molecule has 110 valence electrons. The largest absolute Gasteiger partial charge is 0.480 e. The maximum atomic E-state index is 11.1. The van der Waals surface area contributed by atoms with Gasteiger partial charge < -0.3 is 5.11 Å². The number of piperidine rings is 1. The highest BCUT2D eigenvalue weighted by Gasteiger charge is 2.31. The highest BCUT2D eigenvalue weighted by atomic mass is 16.6. The minimum absolute atomic E-state index is 0.189. The summed E-state index contributed by atoms with van der Waals surface area (Å²) >= 11 is 0. The predicted octanol–water partition coefficient (Wildman–Crippen LogP) is 1.65. The fraction of sp³-hybridized carbons (Fsp3) is 0.533. The normalized spacial score (nSPS) is 23.6. The Hall–Kier alpha value is -1.43. The molecule has 0 spiro atoms. The van der Waals surface area contributed by atoms with Crippen molar-refractivity contribution in [2.24, 2.45) is 0 Å². The molecule has 1 saturated heterocycles. The summed E-state index contributed by atoms with van der Waals surface area (Å²) in [7, 11) is 0. The third kappa shape index (κ3) is 4.03. The molecule has 1 aliphatic heterocycles. The first-order valence-electron chi connectivity index (χ1n) is 7.08. The van der Waals surface area contributed by atoms with Crippen molar-refractivity contribution in [1.29, 1.82) is 0 Å². The third-order valence-electron chi connectivity index (χ3n) is 3.71. The molecule has 1 fully saturated rings. The van der Waals surface area contributed by atoms with Gasteiger partial charge in [0.1, 0.15) is 6.04 Å². The van der Waals surface area contributed by atoms with Gasteiger partial charge in [0.2, 0.25) is 0 Å². The lowest BCUT2D eigenvalue weighted by Crippen LogP contribution is -2.53. The number of nitrogens with zero attached hydrogens (tertiary/aromatic N) is 1. The first-order chi connectivity index (χ1) is 9.70. The van der Waals surface area contributed by atoms with Gasteiger partial charge in [-0.15, -0.1) is 0 Å². The Labute approximate surface area is 119 Å². The molecule has 0 aromatic heterocycles. The summed E-state index contributed by atoms with van der Waals surface area (Å²) in [5, 5.41) is 9.16. The molecule has 1 heterocycles. The smallest absolute Gasteiger partial charge is 0.320 e. The van der Waals surface area contributed by atoms with Gasteiger partial charge in [0.05, 0.1) is 6.61 Å². The molecule has 20 heavy (non-hydrogen) atoms. The summed E-state index contributed by atoms with van der Waals surface area (Å²) in [5.41, 5.74) is 4.18. The summed E-state index contributed by atoms with van der Waals surface area (Å²) in [4.78, 5) is 18.6. The van der Waals surface area contributed by atoms with Gasteiger partial charge in [-0.3, -0.25) is 14.5 Å². The van der Waals surface area contributed by atoms with Crippen LogP contribution in [0.25, 0.3) is 0 Å². The molecule has 5 nitrogen and oxygen atoms in total. The van der Waals surface area contributed by atoms with Crippen LogP contribution in [0.1, 0.15) is 25.3 Å². The Morgan fingerprint density at radius 2 is 2.15 bits per heavy atom. The fourth-order valence-electron chi connectivity index (χ4n) is 2.59. The predicted molar refractivity (Wildman–Crippen MR) is 76.1 cm³/mol. The lowest BCUT2D eigenvalue weighted by molar-refractivity contribution is -0.145. The van der Waals surface area contributed by atoms with Crippen LogP contribution in [0.4, 0.5) is 0 Å². The number of hydrogen-bond donors (Lipinski definition) is 2. The number of carboxylic acid groups (broad SMARTS) is 1. The number of hydroxylamine groups is 1. The minimum Gasteiger partial charge on any atom is -0.480 e. The van der Waals surface area contributed by atoms with E-state index in [2.05, 4.69) is 5.48 Å². The average Bonchev–Trinajstić information content (AvgIpc) is 2.48. The van der Waals surface area contributed by atoms with E-state index in [9.17, 15) is 4.79 Å². The van der Waals surface area contributed by atoms with Gasteiger partial charge in [-0.2, -0.15) is 5.48 Å². The second-order valence-electron chi connectivity index (χ2n) is 5.11. The topological polar surface area (TPSA) is 61.8 Å². The van der Waals surface area contributed by atoms with Crippen LogP contribution in [-0.2, 0) is 16.2 Å². The third-order valence-corrected chi connectivity index (χ3v) is 3.71. The molecular weight excluding hydrogens is 256 g/mol. The number of rotatable bonds is 6. The zero-order chi connectivity index (χ0) is 14.4. The molecular formula is C15H22N2O3. The number of likely N-dealkylation sites (tertiary alicyclic amines) is 1. The second-order valence-corrected chi connectivity index (χ2v) is 5.11. The summed E-state index contributed by atoms with van der Waals surface area (Å²) in [6.45, 7) is 3.96. The average molecular weight is 278 g/mol. The van der Waals surface area contributed by atoms with Gasteiger partial charge in [-0.1, -0.05) is 37.3 Å². The van der Waals surface area contributed by atoms with Crippen molar-refractivity contribution in [1.82, 2.24) is 10.4 Å². The molecule has 0 bridgehead atoms. The van der Waals surface area contributed by atoms with Crippen molar-refractivity contribution < 1.29 is 14.7 Å². The fourth-order valence-corrected chi connectivity index (χ4v) is 2.59. The molecule has 1 aromatic carbocycles. The number of likely N-dealkylation sites (N-methyl/N-ethyl adjacent to an activating group) is 1.